The SMILES string of the molecule is CCOC(=O)c1c(OCc2ccccc2)c2ncc(Cc3ccc(F)cc3)c3c2n(c1=O)C[C@](C)(C(=O)O)O3. The van der Waals surface area contributed by atoms with Crippen molar-refractivity contribution < 1.29 is 33.3 Å². The van der Waals surface area contributed by atoms with E-state index in [4.69, 9.17) is 14.2 Å². The van der Waals surface area contributed by atoms with Gasteiger partial charge in [-0.15, -0.1) is 0 Å². The highest BCUT2D eigenvalue weighted by Crippen LogP contribution is 2.41. The molecule has 0 saturated carbocycles. The zero-order valence-electron chi connectivity index (χ0n) is 21.3. The fourth-order valence-corrected chi connectivity index (χ4v) is 4.53. The first kappa shape index (κ1) is 25.9. The molecule has 0 radical (unpaired) electrons. The maximum absolute atomic E-state index is 13.8. The number of benzene rings is 2. The third-order valence-corrected chi connectivity index (χ3v) is 6.50. The number of halogens is 1. The first-order valence-electron chi connectivity index (χ1n) is 12.3. The minimum atomic E-state index is -1.82. The van der Waals surface area contributed by atoms with Crippen molar-refractivity contribution in [1.29, 1.82) is 0 Å². The van der Waals surface area contributed by atoms with Gasteiger partial charge in [-0.3, -0.25) is 14.3 Å². The number of carbonyl (C=O) groups excluding carboxylic acids is 1. The molecule has 10 heteroatoms. The third kappa shape index (κ3) is 4.81. The van der Waals surface area contributed by atoms with Gasteiger partial charge in [-0.25, -0.2) is 14.0 Å². The summed E-state index contributed by atoms with van der Waals surface area (Å²) in [5.74, 6) is -2.55. The predicted octanol–water partition coefficient (Wildman–Crippen LogP) is 4.12. The summed E-state index contributed by atoms with van der Waals surface area (Å²) in [4.78, 5) is 43.7. The number of rotatable bonds is 8. The molecule has 1 aliphatic rings. The lowest BCUT2D eigenvalue weighted by Gasteiger charge is -2.34. The Labute approximate surface area is 222 Å². The van der Waals surface area contributed by atoms with Gasteiger partial charge >= 0.3 is 11.9 Å². The molecule has 5 rings (SSSR count). The summed E-state index contributed by atoms with van der Waals surface area (Å²) in [6.07, 6.45) is 1.70. The minimum Gasteiger partial charge on any atom is -0.485 e. The van der Waals surface area contributed by atoms with E-state index in [2.05, 4.69) is 4.98 Å². The number of esters is 1. The number of hydrogen-bond donors (Lipinski definition) is 1. The van der Waals surface area contributed by atoms with Crippen LogP contribution in [-0.4, -0.2) is 38.8 Å². The second-order valence-corrected chi connectivity index (χ2v) is 9.34. The topological polar surface area (TPSA) is 117 Å². The van der Waals surface area contributed by atoms with Crippen LogP contribution >= 0.6 is 0 Å². The molecule has 0 bridgehead atoms. The number of carboxylic acids is 1. The van der Waals surface area contributed by atoms with Gasteiger partial charge in [-0.05, 0) is 37.1 Å². The van der Waals surface area contributed by atoms with Gasteiger partial charge in [0.1, 0.15) is 23.5 Å². The maximum atomic E-state index is 13.8. The normalized spacial score (nSPS) is 16.0. The van der Waals surface area contributed by atoms with Gasteiger partial charge in [0.2, 0.25) is 5.60 Å². The van der Waals surface area contributed by atoms with Gasteiger partial charge in [0.05, 0.1) is 13.2 Å². The van der Waals surface area contributed by atoms with Crippen molar-refractivity contribution in [3.63, 3.8) is 0 Å². The van der Waals surface area contributed by atoms with Crippen LogP contribution in [0.15, 0.2) is 65.6 Å². The quantitative estimate of drug-likeness (QED) is 0.337. The lowest BCUT2D eigenvalue weighted by Crippen LogP contribution is -2.50. The van der Waals surface area contributed by atoms with E-state index in [-0.39, 0.29) is 54.3 Å². The molecule has 2 aromatic heterocycles. The zero-order chi connectivity index (χ0) is 27.7. The van der Waals surface area contributed by atoms with Crippen LogP contribution in [0.3, 0.4) is 0 Å². The van der Waals surface area contributed by atoms with Gasteiger partial charge in [0.25, 0.3) is 5.56 Å². The number of nitrogens with zero attached hydrogens (tertiary/aromatic N) is 2. The van der Waals surface area contributed by atoms with E-state index in [0.29, 0.717) is 5.56 Å². The van der Waals surface area contributed by atoms with E-state index >= 15 is 0 Å². The number of aliphatic carboxylic acids is 1. The zero-order valence-corrected chi connectivity index (χ0v) is 21.3. The van der Waals surface area contributed by atoms with Crippen LogP contribution in [-0.2, 0) is 29.1 Å². The largest absolute Gasteiger partial charge is 0.485 e. The van der Waals surface area contributed by atoms with E-state index < -0.39 is 28.9 Å². The van der Waals surface area contributed by atoms with Crippen LogP contribution in [0, 0.1) is 5.82 Å². The molecule has 0 aliphatic carbocycles. The number of ether oxygens (including phenoxy) is 3. The van der Waals surface area contributed by atoms with E-state index in [1.807, 2.05) is 30.3 Å². The standard InChI is InChI=1S/C29H25FN2O7/c1-3-37-27(34)21-25(38-15-18-7-5-4-6-8-18)22-23-24(39-29(2,28(35)36)16-32(23)26(21)33)19(14-31-22)13-17-9-11-20(30)12-10-17/h4-12,14H,3,13,15-16H2,1-2H3,(H,35,36)/t29-/m1/s1. The molecule has 9 nitrogen and oxygen atoms in total. The van der Waals surface area contributed by atoms with Crippen molar-refractivity contribution in [2.24, 2.45) is 0 Å². The second kappa shape index (κ2) is 10.2. The fourth-order valence-electron chi connectivity index (χ4n) is 4.53. The molecular formula is C29H25FN2O7. The molecule has 1 N–H and O–H groups in total. The van der Waals surface area contributed by atoms with Crippen LogP contribution in [0.4, 0.5) is 4.39 Å². The molecular weight excluding hydrogens is 507 g/mol. The predicted molar refractivity (Wildman–Crippen MR) is 139 cm³/mol. The molecule has 39 heavy (non-hydrogen) atoms. The van der Waals surface area contributed by atoms with Crippen LogP contribution in [0.25, 0.3) is 11.0 Å². The van der Waals surface area contributed by atoms with E-state index in [0.717, 1.165) is 11.1 Å². The lowest BCUT2D eigenvalue weighted by molar-refractivity contribution is -0.155. The van der Waals surface area contributed by atoms with Gasteiger partial charge < -0.3 is 19.3 Å². The molecule has 1 atom stereocenters. The third-order valence-electron chi connectivity index (χ3n) is 6.50. The molecule has 2 aromatic carbocycles. The highest BCUT2D eigenvalue weighted by atomic mass is 19.1. The van der Waals surface area contributed by atoms with Crippen molar-refractivity contribution in [2.75, 3.05) is 6.61 Å². The van der Waals surface area contributed by atoms with Crippen molar-refractivity contribution in [1.82, 2.24) is 9.55 Å². The first-order valence-corrected chi connectivity index (χ1v) is 12.3. The number of pyridine rings is 2. The Morgan fingerprint density at radius 2 is 1.85 bits per heavy atom. The number of carboxylic acid groups (broad SMARTS) is 1. The van der Waals surface area contributed by atoms with Crippen molar-refractivity contribution in [2.45, 2.75) is 39.0 Å². The molecule has 0 spiro atoms. The number of aromatic nitrogens is 2. The highest BCUT2D eigenvalue weighted by Gasteiger charge is 2.43. The monoisotopic (exact) mass is 532 g/mol. The lowest BCUT2D eigenvalue weighted by atomic mass is 9.99. The molecule has 1 aliphatic heterocycles. The molecule has 0 unspecified atom stereocenters. The maximum Gasteiger partial charge on any atom is 0.349 e. The van der Waals surface area contributed by atoms with Crippen LogP contribution in [0.2, 0.25) is 0 Å². The molecule has 0 amide bonds. The summed E-state index contributed by atoms with van der Waals surface area (Å²) in [5.41, 5.74) is -0.625. The minimum absolute atomic E-state index is 0.0136. The molecule has 4 aromatic rings. The average Bonchev–Trinajstić information content (AvgIpc) is 2.92. The fraction of sp³-hybridized carbons (Fsp3) is 0.241. The summed E-state index contributed by atoms with van der Waals surface area (Å²) in [6.45, 7) is 2.63. The molecule has 0 fully saturated rings. The van der Waals surface area contributed by atoms with Crippen molar-refractivity contribution >= 4 is 23.0 Å². The second-order valence-electron chi connectivity index (χ2n) is 9.34. The van der Waals surface area contributed by atoms with Gasteiger partial charge in [-0.1, -0.05) is 42.5 Å². The smallest absolute Gasteiger partial charge is 0.349 e. The average molecular weight is 533 g/mol. The van der Waals surface area contributed by atoms with E-state index in [1.54, 1.807) is 19.1 Å². The van der Waals surface area contributed by atoms with Gasteiger partial charge in [0.15, 0.2) is 17.1 Å². The van der Waals surface area contributed by atoms with Gasteiger partial charge in [-0.2, -0.15) is 0 Å². The van der Waals surface area contributed by atoms with E-state index in [1.165, 1.54) is 29.8 Å². The highest BCUT2D eigenvalue weighted by molar-refractivity contribution is 6.00. The molecule has 0 saturated heterocycles. The van der Waals surface area contributed by atoms with Crippen LogP contribution in [0.1, 0.15) is 40.9 Å². The Bertz CT molecular complexity index is 1630. The molecule has 3 heterocycles. The molecule has 200 valence electrons. The Kier molecular flexibility index (Phi) is 6.78. The Hall–Kier alpha value is -4.73. The van der Waals surface area contributed by atoms with Crippen molar-refractivity contribution in [3.8, 4) is 11.5 Å². The van der Waals surface area contributed by atoms with Gasteiger partial charge in [0, 0.05) is 18.2 Å². The Morgan fingerprint density at radius 1 is 1.13 bits per heavy atom. The summed E-state index contributed by atoms with van der Waals surface area (Å²) in [6, 6.07) is 15.0. The summed E-state index contributed by atoms with van der Waals surface area (Å²) < 4.78 is 31.9. The van der Waals surface area contributed by atoms with Crippen LogP contribution < -0.4 is 15.0 Å². The van der Waals surface area contributed by atoms with E-state index in [9.17, 15) is 23.9 Å². The first-order chi connectivity index (χ1) is 18.7. The number of hydrogen-bond acceptors (Lipinski definition) is 7. The number of carbonyl (C=O) groups is 2. The Balaban J connectivity index is 1.75. The van der Waals surface area contributed by atoms with Crippen molar-refractivity contribution in [3.05, 3.63) is 99.2 Å². The summed E-state index contributed by atoms with van der Waals surface area (Å²) in [7, 11) is 0. The summed E-state index contributed by atoms with van der Waals surface area (Å²) >= 11 is 0. The Morgan fingerprint density at radius 3 is 2.51 bits per heavy atom. The summed E-state index contributed by atoms with van der Waals surface area (Å²) in [5, 5.41) is 9.99. The van der Waals surface area contributed by atoms with Crippen LogP contribution in [0.5, 0.6) is 11.5 Å².